The molecule has 2 aromatic rings. The minimum atomic E-state index is -0.871. The van der Waals surface area contributed by atoms with Gasteiger partial charge in [0.2, 0.25) is 0 Å². The summed E-state index contributed by atoms with van der Waals surface area (Å²) in [6.45, 7) is 1.85. The molecule has 0 radical (unpaired) electrons. The minimum Gasteiger partial charge on any atom is -0.323 e. The number of nitrogen functional groups attached to an aromatic ring is 1. The number of amides is 1. The first kappa shape index (κ1) is 15.4. The van der Waals surface area contributed by atoms with Crippen molar-refractivity contribution in [3.63, 3.8) is 0 Å². The summed E-state index contributed by atoms with van der Waals surface area (Å²) >= 11 is 3.01. The van der Waals surface area contributed by atoms with E-state index in [1.54, 1.807) is 18.2 Å². The molecule has 0 aliphatic carbocycles. The first-order valence-electron chi connectivity index (χ1n) is 5.95. The van der Waals surface area contributed by atoms with Crippen LogP contribution in [0.4, 0.5) is 20.2 Å². The molecule has 21 heavy (non-hydrogen) atoms. The fraction of sp³-hybridized carbons (Fsp3) is 0.0714. The Balaban J connectivity index is 2.35. The van der Waals surface area contributed by atoms with Crippen molar-refractivity contribution in [3.8, 4) is 0 Å². The van der Waals surface area contributed by atoms with Crippen LogP contribution >= 0.6 is 15.9 Å². The second kappa shape index (κ2) is 6.19. The third-order valence-electron chi connectivity index (χ3n) is 2.82. The molecule has 0 atom stereocenters. The number of aryl methyl sites for hydroxylation is 1. The summed E-state index contributed by atoms with van der Waals surface area (Å²) in [5, 5.41) is 2.39. The van der Waals surface area contributed by atoms with Gasteiger partial charge in [0.25, 0.3) is 5.91 Å². The van der Waals surface area contributed by atoms with E-state index in [0.29, 0.717) is 11.8 Å². The van der Waals surface area contributed by atoms with Crippen molar-refractivity contribution in [3.05, 3.63) is 57.6 Å². The van der Waals surface area contributed by atoms with Crippen molar-refractivity contribution in [2.24, 2.45) is 5.84 Å². The van der Waals surface area contributed by atoms with Crippen molar-refractivity contribution in [1.82, 2.24) is 0 Å². The van der Waals surface area contributed by atoms with Crippen LogP contribution in [0.15, 0.2) is 34.8 Å². The van der Waals surface area contributed by atoms with Crippen LogP contribution in [-0.2, 0) is 0 Å². The minimum absolute atomic E-state index is 0.114. The molecule has 0 saturated heterocycles. The number of carbonyl (C=O) groups excluding carboxylic acids is 1. The van der Waals surface area contributed by atoms with E-state index < -0.39 is 17.5 Å². The predicted molar refractivity (Wildman–Crippen MR) is 81.0 cm³/mol. The third-order valence-corrected chi connectivity index (χ3v) is 3.45. The molecule has 0 unspecified atom stereocenters. The Kier molecular flexibility index (Phi) is 4.54. The monoisotopic (exact) mass is 355 g/mol. The van der Waals surface area contributed by atoms with Crippen molar-refractivity contribution in [2.45, 2.75) is 6.92 Å². The molecule has 0 bridgehead atoms. The number of hydrazine groups is 1. The summed E-state index contributed by atoms with van der Waals surface area (Å²) in [4.78, 5) is 12.2. The summed E-state index contributed by atoms with van der Waals surface area (Å²) in [5.41, 5.74) is 3.85. The van der Waals surface area contributed by atoms with Gasteiger partial charge in [0, 0.05) is 10.5 Å². The van der Waals surface area contributed by atoms with Gasteiger partial charge in [-0.1, -0.05) is 6.07 Å². The molecule has 110 valence electrons. The lowest BCUT2D eigenvalue weighted by Crippen LogP contribution is -2.18. The highest BCUT2D eigenvalue weighted by molar-refractivity contribution is 9.10. The maximum atomic E-state index is 13.7. The van der Waals surface area contributed by atoms with Crippen LogP contribution in [0, 0.1) is 18.6 Å². The van der Waals surface area contributed by atoms with Gasteiger partial charge in [-0.15, -0.1) is 0 Å². The summed E-state index contributed by atoms with van der Waals surface area (Å²) in [7, 11) is 0. The summed E-state index contributed by atoms with van der Waals surface area (Å²) in [6.07, 6.45) is 0. The summed E-state index contributed by atoms with van der Waals surface area (Å²) in [5.74, 6) is 3.20. The number of hydrogen-bond acceptors (Lipinski definition) is 3. The first-order valence-corrected chi connectivity index (χ1v) is 6.75. The molecule has 4 N–H and O–H groups in total. The Morgan fingerprint density at radius 1 is 1.24 bits per heavy atom. The Morgan fingerprint density at radius 2 is 1.95 bits per heavy atom. The van der Waals surface area contributed by atoms with Gasteiger partial charge >= 0.3 is 0 Å². The molecule has 0 aromatic heterocycles. The van der Waals surface area contributed by atoms with Crippen LogP contribution in [0.3, 0.4) is 0 Å². The van der Waals surface area contributed by atoms with Gasteiger partial charge in [-0.3, -0.25) is 10.6 Å². The van der Waals surface area contributed by atoms with Gasteiger partial charge in [-0.25, -0.2) is 8.78 Å². The van der Waals surface area contributed by atoms with Gasteiger partial charge in [-0.05, 0) is 46.6 Å². The van der Waals surface area contributed by atoms with E-state index >= 15 is 0 Å². The molecule has 7 heteroatoms. The fourth-order valence-corrected chi connectivity index (χ4v) is 2.33. The average molecular weight is 356 g/mol. The van der Waals surface area contributed by atoms with E-state index in [4.69, 9.17) is 5.84 Å². The number of hydrogen-bond donors (Lipinski definition) is 3. The maximum absolute atomic E-state index is 13.7. The molecule has 0 saturated carbocycles. The molecule has 0 fully saturated rings. The summed E-state index contributed by atoms with van der Waals surface area (Å²) in [6, 6.07) is 6.74. The van der Waals surface area contributed by atoms with Gasteiger partial charge in [0.1, 0.15) is 5.82 Å². The predicted octanol–water partition coefficient (Wildman–Crippen LogP) is 3.57. The highest BCUT2D eigenvalue weighted by atomic mass is 79.9. The molecule has 0 spiro atoms. The topological polar surface area (TPSA) is 67.2 Å². The molecule has 1 amide bonds. The van der Waals surface area contributed by atoms with Crippen LogP contribution in [0.2, 0.25) is 0 Å². The smallest absolute Gasteiger partial charge is 0.257 e. The zero-order chi connectivity index (χ0) is 15.6. The zero-order valence-corrected chi connectivity index (χ0v) is 12.6. The number of anilines is 2. The van der Waals surface area contributed by atoms with E-state index in [-0.39, 0.29) is 15.7 Å². The normalized spacial score (nSPS) is 10.3. The lowest BCUT2D eigenvalue weighted by Gasteiger charge is -2.12. The van der Waals surface area contributed by atoms with E-state index in [1.165, 1.54) is 0 Å². The Morgan fingerprint density at radius 3 is 2.57 bits per heavy atom. The molecular formula is C14H12BrF2N3O. The van der Waals surface area contributed by atoms with E-state index in [1.807, 2.05) is 6.92 Å². The summed E-state index contributed by atoms with van der Waals surface area (Å²) < 4.78 is 26.8. The molecule has 0 aliphatic heterocycles. The van der Waals surface area contributed by atoms with Crippen molar-refractivity contribution in [2.75, 3.05) is 10.7 Å². The first-order chi connectivity index (χ1) is 9.92. The van der Waals surface area contributed by atoms with Crippen molar-refractivity contribution >= 4 is 33.2 Å². The molecule has 0 aliphatic rings. The second-order valence-corrected chi connectivity index (χ2v) is 5.25. The lowest BCUT2D eigenvalue weighted by molar-refractivity contribution is 0.102. The van der Waals surface area contributed by atoms with Gasteiger partial charge in [-0.2, -0.15) is 0 Å². The standard InChI is InChI=1S/C14H12BrF2N3O/c1-7-2-3-9(12(4-7)20-18)14(21)19-13-10(15)5-8(16)6-11(13)17/h2-6,20H,18H2,1H3,(H,19,21). The quantitative estimate of drug-likeness (QED) is 0.582. The molecule has 2 rings (SSSR count). The van der Waals surface area contributed by atoms with Crippen molar-refractivity contribution < 1.29 is 13.6 Å². The maximum Gasteiger partial charge on any atom is 0.257 e. The van der Waals surface area contributed by atoms with Crippen LogP contribution in [0.25, 0.3) is 0 Å². The molecule has 4 nitrogen and oxygen atoms in total. The molecule has 0 heterocycles. The zero-order valence-electron chi connectivity index (χ0n) is 11.0. The second-order valence-electron chi connectivity index (χ2n) is 4.39. The third kappa shape index (κ3) is 3.37. The Labute approximate surface area is 128 Å². The Hall–Kier alpha value is -1.99. The molecule has 2 aromatic carbocycles. The number of rotatable bonds is 3. The average Bonchev–Trinajstić information content (AvgIpc) is 2.42. The van der Waals surface area contributed by atoms with Gasteiger partial charge < -0.3 is 10.7 Å². The SMILES string of the molecule is Cc1ccc(C(=O)Nc2c(F)cc(F)cc2Br)c(NN)c1. The molecular weight excluding hydrogens is 344 g/mol. The highest BCUT2D eigenvalue weighted by Crippen LogP contribution is 2.28. The number of halogens is 3. The van der Waals surface area contributed by atoms with Crippen LogP contribution in [0.1, 0.15) is 15.9 Å². The fourth-order valence-electron chi connectivity index (χ4n) is 1.82. The van der Waals surface area contributed by atoms with Crippen LogP contribution < -0.4 is 16.6 Å². The number of nitrogens with two attached hydrogens (primary N) is 1. The Bertz CT molecular complexity index is 684. The number of nitrogens with one attached hydrogen (secondary N) is 2. The number of carbonyl (C=O) groups is 1. The highest BCUT2D eigenvalue weighted by Gasteiger charge is 2.16. The number of benzene rings is 2. The van der Waals surface area contributed by atoms with Crippen LogP contribution in [-0.4, -0.2) is 5.91 Å². The van der Waals surface area contributed by atoms with Gasteiger partial charge in [0.15, 0.2) is 5.82 Å². The van der Waals surface area contributed by atoms with E-state index in [2.05, 4.69) is 26.7 Å². The lowest BCUT2D eigenvalue weighted by atomic mass is 10.1. The van der Waals surface area contributed by atoms with E-state index in [9.17, 15) is 13.6 Å². The largest absolute Gasteiger partial charge is 0.323 e. The van der Waals surface area contributed by atoms with Crippen molar-refractivity contribution in [1.29, 1.82) is 0 Å². The van der Waals surface area contributed by atoms with Gasteiger partial charge in [0.05, 0.1) is 16.9 Å². The van der Waals surface area contributed by atoms with Crippen LogP contribution in [0.5, 0.6) is 0 Å². The van der Waals surface area contributed by atoms with E-state index in [0.717, 1.165) is 11.6 Å².